The fraction of sp³-hybridized carbons (Fsp3) is 0.286. The van der Waals surface area contributed by atoms with Crippen molar-refractivity contribution in [3.8, 4) is 0 Å². The molecule has 9 heteroatoms. The Bertz CT molecular complexity index is 1010. The Morgan fingerprint density at radius 2 is 1.90 bits per heavy atom. The number of nitrogens with one attached hydrogen (secondary N) is 1. The van der Waals surface area contributed by atoms with Gasteiger partial charge in [-0.3, -0.25) is 19.5 Å². The highest BCUT2D eigenvalue weighted by Crippen LogP contribution is 2.31. The number of pyridine rings is 1. The Balaban J connectivity index is 1.80. The summed E-state index contributed by atoms with van der Waals surface area (Å²) < 4.78 is 18.5. The number of rotatable bonds is 6. The zero-order chi connectivity index (χ0) is 20.9. The SMILES string of the molecule is O=C(NC1CCCC1)[C@@H](c1ccccn1)N(C(=O)c1csnn1)c1ccccc1F. The summed E-state index contributed by atoms with van der Waals surface area (Å²) in [5, 5.41) is 8.33. The van der Waals surface area contributed by atoms with Crippen LogP contribution >= 0.6 is 11.5 Å². The second kappa shape index (κ2) is 9.08. The first-order valence-corrected chi connectivity index (χ1v) is 10.6. The third kappa shape index (κ3) is 4.20. The van der Waals surface area contributed by atoms with E-state index in [1.165, 1.54) is 23.6 Å². The molecule has 154 valence electrons. The number of hydrogen-bond donors (Lipinski definition) is 1. The van der Waals surface area contributed by atoms with Crippen LogP contribution in [0.4, 0.5) is 10.1 Å². The molecule has 1 N–H and O–H groups in total. The van der Waals surface area contributed by atoms with Crippen molar-refractivity contribution in [3.63, 3.8) is 0 Å². The predicted molar refractivity (Wildman–Crippen MR) is 110 cm³/mol. The molecule has 2 amide bonds. The highest BCUT2D eigenvalue weighted by Gasteiger charge is 2.37. The molecule has 1 aromatic carbocycles. The highest BCUT2D eigenvalue weighted by molar-refractivity contribution is 7.03. The summed E-state index contributed by atoms with van der Waals surface area (Å²) in [5.41, 5.74) is 0.360. The Morgan fingerprint density at radius 3 is 2.57 bits per heavy atom. The minimum Gasteiger partial charge on any atom is -0.351 e. The van der Waals surface area contributed by atoms with Crippen molar-refractivity contribution in [2.75, 3.05) is 4.90 Å². The van der Waals surface area contributed by atoms with Crippen molar-refractivity contribution in [1.29, 1.82) is 0 Å². The number of carbonyl (C=O) groups is 2. The number of anilines is 1. The van der Waals surface area contributed by atoms with Gasteiger partial charge in [-0.25, -0.2) is 4.39 Å². The van der Waals surface area contributed by atoms with Gasteiger partial charge in [-0.1, -0.05) is 35.5 Å². The molecule has 0 saturated heterocycles. The van der Waals surface area contributed by atoms with Gasteiger partial charge in [0.05, 0.1) is 11.4 Å². The van der Waals surface area contributed by atoms with Crippen molar-refractivity contribution in [2.45, 2.75) is 37.8 Å². The number of amides is 2. The summed E-state index contributed by atoms with van der Waals surface area (Å²) in [6, 6.07) is 9.83. The minimum atomic E-state index is -1.15. The number of hydrogen-bond acceptors (Lipinski definition) is 6. The van der Waals surface area contributed by atoms with Gasteiger partial charge in [0, 0.05) is 17.6 Å². The molecule has 1 aliphatic rings. The van der Waals surface area contributed by atoms with E-state index in [0.29, 0.717) is 5.69 Å². The molecule has 0 bridgehead atoms. The Kier molecular flexibility index (Phi) is 6.08. The third-order valence-corrected chi connectivity index (χ3v) is 5.59. The topological polar surface area (TPSA) is 88.1 Å². The van der Waals surface area contributed by atoms with Gasteiger partial charge in [-0.05, 0) is 48.6 Å². The van der Waals surface area contributed by atoms with Crippen LogP contribution in [0.2, 0.25) is 0 Å². The van der Waals surface area contributed by atoms with E-state index < -0.39 is 23.7 Å². The lowest BCUT2D eigenvalue weighted by atomic mass is 10.1. The largest absolute Gasteiger partial charge is 0.351 e. The summed E-state index contributed by atoms with van der Waals surface area (Å²) in [7, 11) is 0. The Morgan fingerprint density at radius 1 is 1.13 bits per heavy atom. The zero-order valence-electron chi connectivity index (χ0n) is 16.1. The molecule has 2 aromatic heterocycles. The van der Waals surface area contributed by atoms with Gasteiger partial charge in [0.2, 0.25) is 5.91 Å². The maximum atomic E-state index is 14.8. The van der Waals surface area contributed by atoms with Crippen molar-refractivity contribution in [3.05, 3.63) is 71.2 Å². The smallest absolute Gasteiger partial charge is 0.280 e. The molecule has 0 radical (unpaired) electrons. The molecular formula is C21H20FN5O2S. The van der Waals surface area contributed by atoms with Gasteiger partial charge in [0.25, 0.3) is 5.91 Å². The number of nitrogens with zero attached hydrogens (tertiary/aromatic N) is 4. The number of carbonyl (C=O) groups excluding carboxylic acids is 2. The fourth-order valence-corrected chi connectivity index (χ4v) is 4.10. The van der Waals surface area contributed by atoms with E-state index in [9.17, 15) is 14.0 Å². The fourth-order valence-electron chi connectivity index (χ4n) is 3.67. The molecule has 1 fully saturated rings. The van der Waals surface area contributed by atoms with E-state index in [-0.39, 0.29) is 17.4 Å². The molecule has 1 atom stereocenters. The van der Waals surface area contributed by atoms with Crippen LogP contribution in [0.3, 0.4) is 0 Å². The van der Waals surface area contributed by atoms with E-state index >= 15 is 0 Å². The number of halogens is 1. The minimum absolute atomic E-state index is 0.0206. The number of para-hydroxylation sites is 1. The highest BCUT2D eigenvalue weighted by atomic mass is 32.1. The van der Waals surface area contributed by atoms with Gasteiger partial charge < -0.3 is 5.32 Å². The van der Waals surface area contributed by atoms with Crippen LogP contribution in [0.15, 0.2) is 54.0 Å². The molecule has 0 aliphatic heterocycles. The second-order valence-corrected chi connectivity index (χ2v) is 7.67. The summed E-state index contributed by atoms with van der Waals surface area (Å²) in [6.45, 7) is 0. The molecule has 4 rings (SSSR count). The van der Waals surface area contributed by atoms with Gasteiger partial charge >= 0.3 is 0 Å². The van der Waals surface area contributed by atoms with Crippen molar-refractivity contribution >= 4 is 29.0 Å². The quantitative estimate of drug-likeness (QED) is 0.653. The lowest BCUT2D eigenvalue weighted by Gasteiger charge is -2.31. The molecule has 1 saturated carbocycles. The van der Waals surface area contributed by atoms with E-state index in [0.717, 1.165) is 42.1 Å². The number of aromatic nitrogens is 3. The van der Waals surface area contributed by atoms with Crippen LogP contribution < -0.4 is 10.2 Å². The second-order valence-electron chi connectivity index (χ2n) is 7.06. The standard InChI is InChI=1S/C21H20FN5O2S/c22-15-9-3-4-11-18(15)27(21(29)17-13-30-26-25-17)19(16-10-5-6-12-23-16)20(28)24-14-7-1-2-8-14/h3-6,9-14,19H,1-2,7-8H2,(H,24,28)/t19-/m1/s1. The third-order valence-electron chi connectivity index (χ3n) is 5.09. The maximum absolute atomic E-state index is 14.8. The van der Waals surface area contributed by atoms with Gasteiger partial charge in [-0.15, -0.1) is 5.10 Å². The van der Waals surface area contributed by atoms with Crippen molar-refractivity contribution in [2.24, 2.45) is 0 Å². The van der Waals surface area contributed by atoms with E-state index in [1.54, 1.807) is 30.5 Å². The monoisotopic (exact) mass is 425 g/mol. The molecule has 3 aromatic rings. The average Bonchev–Trinajstić information content (AvgIpc) is 3.47. The molecule has 0 spiro atoms. The van der Waals surface area contributed by atoms with Crippen molar-refractivity contribution in [1.82, 2.24) is 19.9 Å². The molecule has 0 unspecified atom stereocenters. The Labute approximate surface area is 177 Å². The van der Waals surface area contributed by atoms with E-state index in [2.05, 4.69) is 19.9 Å². The molecule has 1 aliphatic carbocycles. The maximum Gasteiger partial charge on any atom is 0.280 e. The van der Waals surface area contributed by atoms with E-state index in [4.69, 9.17) is 0 Å². The van der Waals surface area contributed by atoms with Crippen LogP contribution in [0, 0.1) is 5.82 Å². The predicted octanol–water partition coefficient (Wildman–Crippen LogP) is 3.52. The normalized spacial score (nSPS) is 15.0. The molecule has 30 heavy (non-hydrogen) atoms. The van der Waals surface area contributed by atoms with Gasteiger partial charge in [-0.2, -0.15) is 0 Å². The summed E-state index contributed by atoms with van der Waals surface area (Å²) >= 11 is 1.01. The Hall–Kier alpha value is -3.20. The zero-order valence-corrected chi connectivity index (χ0v) is 16.9. The van der Waals surface area contributed by atoms with E-state index in [1.807, 2.05) is 0 Å². The first-order chi connectivity index (χ1) is 14.6. The summed E-state index contributed by atoms with van der Waals surface area (Å²) in [4.78, 5) is 32.2. The lowest BCUT2D eigenvalue weighted by molar-refractivity contribution is -0.123. The van der Waals surface area contributed by atoms with Crippen molar-refractivity contribution < 1.29 is 14.0 Å². The van der Waals surface area contributed by atoms with Crippen LogP contribution in [0.1, 0.15) is 47.9 Å². The molecule has 2 heterocycles. The summed E-state index contributed by atoms with van der Waals surface area (Å²) in [6.07, 6.45) is 5.38. The average molecular weight is 425 g/mol. The first kappa shape index (κ1) is 20.1. The molecule has 7 nitrogen and oxygen atoms in total. The number of benzene rings is 1. The van der Waals surface area contributed by atoms with Gasteiger partial charge in [0.1, 0.15) is 5.82 Å². The summed E-state index contributed by atoms with van der Waals surface area (Å²) in [5.74, 6) is -1.64. The lowest BCUT2D eigenvalue weighted by Crippen LogP contribution is -2.47. The van der Waals surface area contributed by atoms with Crippen LogP contribution in [0.5, 0.6) is 0 Å². The van der Waals surface area contributed by atoms with Crippen LogP contribution in [-0.4, -0.2) is 32.4 Å². The van der Waals surface area contributed by atoms with Crippen LogP contribution in [-0.2, 0) is 4.79 Å². The first-order valence-electron chi connectivity index (χ1n) is 9.71. The van der Waals surface area contributed by atoms with Crippen LogP contribution in [0.25, 0.3) is 0 Å². The van der Waals surface area contributed by atoms with Gasteiger partial charge in [0.15, 0.2) is 11.7 Å². The molecular weight excluding hydrogens is 405 g/mol.